The average molecular weight is 188 g/mol. The van der Waals surface area contributed by atoms with Crippen molar-refractivity contribution in [2.75, 3.05) is 13.7 Å². The molecule has 0 amide bonds. The Morgan fingerprint density at radius 3 is 2.85 bits per heavy atom. The van der Waals surface area contributed by atoms with Crippen LogP contribution in [0.15, 0.2) is 12.7 Å². The van der Waals surface area contributed by atoms with Crippen molar-refractivity contribution >= 4 is 0 Å². The molecule has 0 unspecified atom stereocenters. The molecule has 2 N–H and O–H groups in total. The lowest BCUT2D eigenvalue weighted by Gasteiger charge is -2.36. The second-order valence-electron chi connectivity index (χ2n) is 3.15. The summed E-state index contributed by atoms with van der Waals surface area (Å²) in [5.74, 6) is 0. The number of hydrogen-bond acceptors (Lipinski definition) is 4. The fourth-order valence-electron chi connectivity index (χ4n) is 1.51. The minimum absolute atomic E-state index is 0.152. The van der Waals surface area contributed by atoms with Crippen molar-refractivity contribution < 1.29 is 19.7 Å². The maximum Gasteiger partial charge on any atom is 0.112 e. The van der Waals surface area contributed by atoms with Crippen LogP contribution in [0.2, 0.25) is 0 Å². The van der Waals surface area contributed by atoms with Crippen LogP contribution in [0.25, 0.3) is 0 Å². The first-order chi connectivity index (χ1) is 6.20. The Balaban J connectivity index is 2.59. The number of aliphatic hydroxyl groups excluding tert-OH is 2. The summed E-state index contributed by atoms with van der Waals surface area (Å²) in [7, 11) is 1.49. The van der Waals surface area contributed by atoms with E-state index in [1.54, 1.807) is 6.08 Å². The molecule has 0 radical (unpaired) electrons. The highest BCUT2D eigenvalue weighted by atomic mass is 16.6. The monoisotopic (exact) mass is 188 g/mol. The molecule has 1 rings (SSSR count). The lowest BCUT2D eigenvalue weighted by atomic mass is 9.98. The first-order valence-corrected chi connectivity index (χ1v) is 4.32. The molecule has 0 aromatic carbocycles. The highest BCUT2D eigenvalue weighted by molar-refractivity contribution is 4.90. The molecule has 0 aromatic heterocycles. The molecule has 13 heavy (non-hydrogen) atoms. The molecule has 0 spiro atoms. The van der Waals surface area contributed by atoms with Crippen LogP contribution in [0, 0.1) is 0 Å². The van der Waals surface area contributed by atoms with Crippen molar-refractivity contribution in [1.82, 2.24) is 0 Å². The SMILES string of the molecule is C=CC[C@@H]1OC[C@H](O)[C@H](O)[C@H]1OC. The van der Waals surface area contributed by atoms with E-state index in [1.165, 1.54) is 7.11 Å². The van der Waals surface area contributed by atoms with E-state index in [-0.39, 0.29) is 12.7 Å². The van der Waals surface area contributed by atoms with Crippen LogP contribution in [0.3, 0.4) is 0 Å². The Labute approximate surface area is 77.8 Å². The number of methoxy groups -OCH3 is 1. The van der Waals surface area contributed by atoms with Crippen LogP contribution >= 0.6 is 0 Å². The summed E-state index contributed by atoms with van der Waals surface area (Å²) in [5.41, 5.74) is 0. The van der Waals surface area contributed by atoms with Gasteiger partial charge in [-0.25, -0.2) is 0 Å². The van der Waals surface area contributed by atoms with E-state index >= 15 is 0 Å². The van der Waals surface area contributed by atoms with Crippen LogP contribution in [0.4, 0.5) is 0 Å². The third kappa shape index (κ3) is 2.28. The van der Waals surface area contributed by atoms with Crippen LogP contribution < -0.4 is 0 Å². The number of aliphatic hydroxyl groups is 2. The fourth-order valence-corrected chi connectivity index (χ4v) is 1.51. The quantitative estimate of drug-likeness (QED) is 0.597. The first kappa shape index (κ1) is 10.7. The molecule has 1 fully saturated rings. The van der Waals surface area contributed by atoms with Crippen LogP contribution in [-0.2, 0) is 9.47 Å². The van der Waals surface area contributed by atoms with Gasteiger partial charge in [0, 0.05) is 7.11 Å². The summed E-state index contributed by atoms with van der Waals surface area (Å²) < 4.78 is 10.4. The Bertz CT molecular complexity index is 171. The van der Waals surface area contributed by atoms with Gasteiger partial charge in [0.05, 0.1) is 12.7 Å². The van der Waals surface area contributed by atoms with Crippen LogP contribution in [0.5, 0.6) is 0 Å². The zero-order chi connectivity index (χ0) is 9.84. The van der Waals surface area contributed by atoms with Crippen molar-refractivity contribution in [2.24, 2.45) is 0 Å². The molecule has 4 atom stereocenters. The van der Waals surface area contributed by atoms with Crippen LogP contribution in [0.1, 0.15) is 6.42 Å². The molecule has 4 heteroatoms. The number of hydrogen-bond donors (Lipinski definition) is 2. The smallest absolute Gasteiger partial charge is 0.112 e. The predicted molar refractivity (Wildman–Crippen MR) is 47.4 cm³/mol. The van der Waals surface area contributed by atoms with Gasteiger partial charge in [0.2, 0.25) is 0 Å². The van der Waals surface area contributed by atoms with Crippen molar-refractivity contribution in [2.45, 2.75) is 30.8 Å². The van der Waals surface area contributed by atoms with Crippen molar-refractivity contribution in [3.05, 3.63) is 12.7 Å². The second kappa shape index (κ2) is 4.72. The third-order valence-electron chi connectivity index (χ3n) is 2.25. The highest BCUT2D eigenvalue weighted by Crippen LogP contribution is 2.20. The normalized spacial score (nSPS) is 40.2. The summed E-state index contributed by atoms with van der Waals surface area (Å²) in [5, 5.41) is 18.8. The van der Waals surface area contributed by atoms with Crippen LogP contribution in [-0.4, -0.2) is 48.3 Å². The average Bonchev–Trinajstić information content (AvgIpc) is 2.12. The molecular weight excluding hydrogens is 172 g/mol. The van der Waals surface area contributed by atoms with Gasteiger partial charge in [-0.05, 0) is 6.42 Å². The van der Waals surface area contributed by atoms with Gasteiger partial charge in [-0.15, -0.1) is 6.58 Å². The zero-order valence-corrected chi connectivity index (χ0v) is 7.72. The van der Waals surface area contributed by atoms with E-state index in [2.05, 4.69) is 6.58 Å². The topological polar surface area (TPSA) is 58.9 Å². The van der Waals surface area contributed by atoms with Gasteiger partial charge in [-0.1, -0.05) is 6.08 Å². The number of ether oxygens (including phenoxy) is 2. The van der Waals surface area contributed by atoms with Gasteiger partial charge in [-0.3, -0.25) is 0 Å². The van der Waals surface area contributed by atoms with E-state index in [4.69, 9.17) is 9.47 Å². The summed E-state index contributed by atoms with van der Waals surface area (Å²) in [4.78, 5) is 0. The molecule has 76 valence electrons. The van der Waals surface area contributed by atoms with Gasteiger partial charge in [0.15, 0.2) is 0 Å². The minimum Gasteiger partial charge on any atom is -0.388 e. The van der Waals surface area contributed by atoms with Gasteiger partial charge >= 0.3 is 0 Å². The van der Waals surface area contributed by atoms with E-state index < -0.39 is 18.3 Å². The molecule has 0 bridgehead atoms. The van der Waals surface area contributed by atoms with Gasteiger partial charge in [-0.2, -0.15) is 0 Å². The molecular formula is C9H16O4. The molecule has 1 saturated heterocycles. The molecule has 1 aliphatic rings. The van der Waals surface area contributed by atoms with Crippen molar-refractivity contribution in [3.8, 4) is 0 Å². The Morgan fingerprint density at radius 1 is 1.62 bits per heavy atom. The van der Waals surface area contributed by atoms with E-state index in [9.17, 15) is 10.2 Å². The molecule has 0 aromatic rings. The minimum atomic E-state index is -0.872. The standard InChI is InChI=1S/C9H16O4/c1-3-4-7-9(12-2)8(11)6(10)5-13-7/h3,6-11H,1,4-5H2,2H3/t6-,7-,8-,9-/m0/s1. The molecule has 4 nitrogen and oxygen atoms in total. The summed E-state index contributed by atoms with van der Waals surface area (Å²) in [6.45, 7) is 3.74. The largest absolute Gasteiger partial charge is 0.388 e. The number of rotatable bonds is 3. The maximum atomic E-state index is 9.55. The van der Waals surface area contributed by atoms with E-state index in [1.807, 2.05) is 0 Å². The zero-order valence-electron chi connectivity index (χ0n) is 7.72. The molecule has 1 heterocycles. The summed E-state index contributed by atoms with van der Waals surface area (Å²) in [6.07, 6.45) is -0.0824. The lowest BCUT2D eigenvalue weighted by molar-refractivity contribution is -0.194. The second-order valence-corrected chi connectivity index (χ2v) is 3.15. The summed E-state index contributed by atoms with van der Waals surface area (Å²) in [6, 6.07) is 0. The molecule has 1 aliphatic heterocycles. The highest BCUT2D eigenvalue weighted by Gasteiger charge is 2.38. The van der Waals surface area contributed by atoms with E-state index in [0.717, 1.165) is 0 Å². The molecule has 0 saturated carbocycles. The van der Waals surface area contributed by atoms with Crippen molar-refractivity contribution in [1.29, 1.82) is 0 Å². The van der Waals surface area contributed by atoms with Gasteiger partial charge < -0.3 is 19.7 Å². The first-order valence-electron chi connectivity index (χ1n) is 4.32. The lowest BCUT2D eigenvalue weighted by Crippen LogP contribution is -2.53. The Morgan fingerprint density at radius 2 is 2.31 bits per heavy atom. The van der Waals surface area contributed by atoms with Gasteiger partial charge in [0.1, 0.15) is 18.3 Å². The predicted octanol–water partition coefficient (Wildman–Crippen LogP) is -0.302. The fraction of sp³-hybridized carbons (Fsp3) is 0.778. The van der Waals surface area contributed by atoms with E-state index in [0.29, 0.717) is 6.42 Å². The van der Waals surface area contributed by atoms with Crippen molar-refractivity contribution in [3.63, 3.8) is 0 Å². The van der Waals surface area contributed by atoms with Gasteiger partial charge in [0.25, 0.3) is 0 Å². The summed E-state index contributed by atoms with van der Waals surface area (Å²) >= 11 is 0. The Hall–Kier alpha value is -0.420. The Kier molecular flexibility index (Phi) is 3.87. The maximum absolute atomic E-state index is 9.55. The third-order valence-corrected chi connectivity index (χ3v) is 2.25. The molecule has 0 aliphatic carbocycles.